The second kappa shape index (κ2) is 5.02. The van der Waals surface area contributed by atoms with Gasteiger partial charge in [0.2, 0.25) is 0 Å². The molecule has 12 heavy (non-hydrogen) atoms. The van der Waals surface area contributed by atoms with E-state index in [-0.39, 0.29) is 6.42 Å². The fourth-order valence-electron chi connectivity index (χ4n) is 0.706. The van der Waals surface area contributed by atoms with Gasteiger partial charge in [-0.2, -0.15) is 8.78 Å². The zero-order valence-electron chi connectivity index (χ0n) is 6.71. The summed E-state index contributed by atoms with van der Waals surface area (Å²) in [6.45, 7) is 1.76. The van der Waals surface area contributed by atoms with Gasteiger partial charge in [0, 0.05) is 5.92 Å². The fourth-order valence-corrected chi connectivity index (χ4v) is 0.706. The summed E-state index contributed by atoms with van der Waals surface area (Å²) >= 11 is 0. The zero-order chi connectivity index (χ0) is 9.61. The highest BCUT2D eigenvalue weighted by molar-refractivity contribution is 5.07. The van der Waals surface area contributed by atoms with Crippen LogP contribution in [0.25, 0.3) is 0 Å². The molecule has 0 N–H and O–H groups in total. The molecule has 0 saturated carbocycles. The van der Waals surface area contributed by atoms with Gasteiger partial charge in [0.05, 0.1) is 0 Å². The lowest BCUT2D eigenvalue weighted by Gasteiger charge is -2.13. The Kier molecular flexibility index (Phi) is 4.72. The van der Waals surface area contributed by atoms with Gasteiger partial charge in [-0.15, -0.1) is 4.39 Å². The van der Waals surface area contributed by atoms with Crippen LogP contribution in [0.1, 0.15) is 26.2 Å². The van der Waals surface area contributed by atoms with Gasteiger partial charge in [0.1, 0.15) is 6.17 Å². The first-order chi connectivity index (χ1) is 5.54. The Hall–Kier alpha value is -0.720. The van der Waals surface area contributed by atoms with Gasteiger partial charge in [-0.1, -0.05) is 19.8 Å². The van der Waals surface area contributed by atoms with Crippen LogP contribution in [-0.2, 0) is 0 Å². The molecular weight excluding hydrogens is 172 g/mol. The normalized spacial score (nSPS) is 13.4. The van der Waals surface area contributed by atoms with Crippen molar-refractivity contribution in [3.05, 3.63) is 0 Å². The monoisotopic (exact) mass is 182 g/mol. The molecule has 0 aromatic rings. The molecule has 0 radical (unpaired) electrons. The molecule has 4 heteroatoms. The highest BCUT2D eigenvalue weighted by atomic mass is 19.3. The van der Waals surface area contributed by atoms with Crippen LogP contribution >= 0.6 is 0 Å². The van der Waals surface area contributed by atoms with Crippen molar-refractivity contribution < 1.29 is 17.6 Å². The molecule has 0 nitrogen and oxygen atoms in total. The van der Waals surface area contributed by atoms with Crippen molar-refractivity contribution in [1.82, 2.24) is 0 Å². The molecule has 0 aromatic carbocycles. The van der Waals surface area contributed by atoms with Crippen LogP contribution in [0, 0.1) is 12.1 Å². The van der Waals surface area contributed by atoms with E-state index in [1.54, 1.807) is 6.92 Å². The third-order valence-corrected chi connectivity index (χ3v) is 1.42. The van der Waals surface area contributed by atoms with Gasteiger partial charge in [-0.25, -0.2) is 4.39 Å². The van der Waals surface area contributed by atoms with Crippen LogP contribution in [0.5, 0.6) is 0 Å². The lowest BCUT2D eigenvalue weighted by Crippen LogP contribution is -2.27. The molecule has 0 aliphatic rings. The Morgan fingerprint density at radius 3 is 2.42 bits per heavy atom. The summed E-state index contributed by atoms with van der Waals surface area (Å²) in [6.07, 6.45) is -1.14. The molecule has 0 aliphatic heterocycles. The Morgan fingerprint density at radius 1 is 1.42 bits per heavy atom. The van der Waals surface area contributed by atoms with E-state index in [0.717, 1.165) is 5.92 Å². The van der Waals surface area contributed by atoms with Gasteiger partial charge in [-0.3, -0.25) is 0 Å². The third-order valence-electron chi connectivity index (χ3n) is 1.42. The molecule has 0 saturated heterocycles. The van der Waals surface area contributed by atoms with Gasteiger partial charge in [0.15, 0.2) is 6.17 Å². The molecule has 0 aliphatic carbocycles. The van der Waals surface area contributed by atoms with Gasteiger partial charge < -0.3 is 0 Å². The molecular formula is C8H10F4. The molecule has 0 spiro atoms. The molecule has 0 bridgehead atoms. The lowest BCUT2D eigenvalue weighted by molar-refractivity contribution is -0.0225. The number of halogens is 4. The van der Waals surface area contributed by atoms with E-state index in [0.29, 0.717) is 19.0 Å². The van der Waals surface area contributed by atoms with Crippen LogP contribution in [0.3, 0.4) is 0 Å². The van der Waals surface area contributed by atoms with E-state index in [1.807, 2.05) is 0 Å². The largest absolute Gasteiger partial charge is 0.341 e. The zero-order valence-corrected chi connectivity index (χ0v) is 6.71. The third kappa shape index (κ3) is 3.61. The molecule has 1 unspecified atom stereocenters. The van der Waals surface area contributed by atoms with Crippen molar-refractivity contribution in [2.75, 3.05) is 0 Å². The summed E-state index contributed by atoms with van der Waals surface area (Å²) in [5, 5.41) is 0. The number of rotatable bonds is 4. The van der Waals surface area contributed by atoms with Crippen molar-refractivity contribution in [3.8, 4) is 12.1 Å². The molecule has 0 heterocycles. The van der Waals surface area contributed by atoms with Crippen LogP contribution in [-0.4, -0.2) is 12.1 Å². The first kappa shape index (κ1) is 11.3. The minimum absolute atomic E-state index is 0.280. The predicted molar refractivity (Wildman–Crippen MR) is 38.3 cm³/mol. The van der Waals surface area contributed by atoms with Gasteiger partial charge in [-0.05, 0) is 6.42 Å². The first-order valence-electron chi connectivity index (χ1n) is 3.69. The Morgan fingerprint density at radius 2 is 2.00 bits per heavy atom. The van der Waals surface area contributed by atoms with E-state index >= 15 is 0 Å². The second-order valence-corrected chi connectivity index (χ2v) is 2.45. The Balaban J connectivity index is 4.02. The van der Waals surface area contributed by atoms with Crippen LogP contribution < -0.4 is 0 Å². The standard InChI is InChI=1S/C8H10F4/c1-2-3-4-7(10)8(11,12)5-6-9/h7H,2-4H2,1H3. The summed E-state index contributed by atoms with van der Waals surface area (Å²) in [5.41, 5.74) is 0. The van der Waals surface area contributed by atoms with Crippen molar-refractivity contribution in [2.24, 2.45) is 0 Å². The van der Waals surface area contributed by atoms with Crippen LogP contribution in [0.2, 0.25) is 0 Å². The maximum absolute atomic E-state index is 12.5. The SMILES string of the molecule is CCCCC(F)C(F)(F)C#CF. The molecule has 0 aromatic heterocycles. The fraction of sp³-hybridized carbons (Fsp3) is 0.750. The molecule has 0 fully saturated rings. The number of unbranched alkanes of at least 4 members (excludes halogenated alkanes) is 1. The molecule has 0 amide bonds. The average molecular weight is 182 g/mol. The van der Waals surface area contributed by atoms with Gasteiger partial charge in [0.25, 0.3) is 0 Å². The molecule has 0 rings (SSSR count). The molecule has 1 atom stereocenters. The van der Waals surface area contributed by atoms with Crippen molar-refractivity contribution in [1.29, 1.82) is 0 Å². The van der Waals surface area contributed by atoms with Gasteiger partial charge >= 0.3 is 5.92 Å². The van der Waals surface area contributed by atoms with E-state index in [2.05, 4.69) is 0 Å². The molecule has 70 valence electrons. The van der Waals surface area contributed by atoms with Crippen molar-refractivity contribution >= 4 is 0 Å². The summed E-state index contributed by atoms with van der Waals surface area (Å²) in [6, 6.07) is 0. The number of hydrogen-bond acceptors (Lipinski definition) is 0. The van der Waals surface area contributed by atoms with Crippen LogP contribution in [0.4, 0.5) is 17.6 Å². The summed E-state index contributed by atoms with van der Waals surface area (Å²) < 4.78 is 48.4. The minimum atomic E-state index is -3.84. The lowest BCUT2D eigenvalue weighted by atomic mass is 10.1. The maximum atomic E-state index is 12.5. The Bertz CT molecular complexity index is 177. The maximum Gasteiger partial charge on any atom is 0.341 e. The topological polar surface area (TPSA) is 0 Å². The van der Waals surface area contributed by atoms with E-state index in [1.165, 1.54) is 0 Å². The average Bonchev–Trinajstić information content (AvgIpc) is 2.00. The predicted octanol–water partition coefficient (Wildman–Crippen LogP) is 3.08. The minimum Gasteiger partial charge on any atom is -0.240 e. The second-order valence-electron chi connectivity index (χ2n) is 2.45. The highest BCUT2D eigenvalue weighted by Gasteiger charge is 2.37. The number of hydrogen-bond donors (Lipinski definition) is 0. The van der Waals surface area contributed by atoms with Crippen molar-refractivity contribution in [3.63, 3.8) is 0 Å². The highest BCUT2D eigenvalue weighted by Crippen LogP contribution is 2.24. The van der Waals surface area contributed by atoms with Crippen LogP contribution in [0.15, 0.2) is 0 Å². The summed E-state index contributed by atoms with van der Waals surface area (Å²) in [4.78, 5) is 0. The Labute approximate surface area is 69.0 Å². The van der Waals surface area contributed by atoms with E-state index in [4.69, 9.17) is 0 Å². The van der Waals surface area contributed by atoms with Crippen molar-refractivity contribution in [2.45, 2.75) is 38.3 Å². The number of alkyl halides is 3. The quantitative estimate of drug-likeness (QED) is 0.463. The summed E-state index contributed by atoms with van der Waals surface area (Å²) in [5.74, 6) is -2.94. The van der Waals surface area contributed by atoms with E-state index in [9.17, 15) is 17.6 Å². The first-order valence-corrected chi connectivity index (χ1v) is 3.69. The smallest absolute Gasteiger partial charge is 0.240 e. The van der Waals surface area contributed by atoms with E-state index < -0.39 is 12.1 Å². The summed E-state index contributed by atoms with van der Waals surface area (Å²) in [7, 11) is 0.